The van der Waals surface area contributed by atoms with Crippen molar-refractivity contribution < 1.29 is 9.59 Å². The second-order valence-electron chi connectivity index (χ2n) is 7.54. The van der Waals surface area contributed by atoms with E-state index >= 15 is 0 Å². The van der Waals surface area contributed by atoms with Gasteiger partial charge in [-0.2, -0.15) is 0 Å². The molecule has 0 fully saturated rings. The highest BCUT2D eigenvalue weighted by atomic mass is 16.2. The van der Waals surface area contributed by atoms with Gasteiger partial charge >= 0.3 is 0 Å². The summed E-state index contributed by atoms with van der Waals surface area (Å²) in [6.07, 6.45) is 0.733. The molecule has 0 radical (unpaired) electrons. The molecule has 0 heterocycles. The highest BCUT2D eigenvalue weighted by molar-refractivity contribution is 5.85. The SMILES string of the molecule is CC(C)(C)C.CC(C)(C=O)NC(=O)C(C)(C)C. The van der Waals surface area contributed by atoms with Crippen molar-refractivity contribution in [1.29, 1.82) is 0 Å². The topological polar surface area (TPSA) is 46.2 Å². The van der Waals surface area contributed by atoms with Crippen molar-refractivity contribution in [1.82, 2.24) is 5.32 Å². The molecule has 0 rings (SSSR count). The predicted octanol–water partition coefficient (Wildman–Crippen LogP) is 3.18. The summed E-state index contributed by atoms with van der Waals surface area (Å²) in [7, 11) is 0. The van der Waals surface area contributed by atoms with Gasteiger partial charge in [-0.3, -0.25) is 4.79 Å². The van der Waals surface area contributed by atoms with Crippen LogP contribution < -0.4 is 5.32 Å². The van der Waals surface area contributed by atoms with Gasteiger partial charge in [0.1, 0.15) is 6.29 Å². The number of hydrogen-bond acceptors (Lipinski definition) is 2. The van der Waals surface area contributed by atoms with E-state index in [4.69, 9.17) is 0 Å². The van der Waals surface area contributed by atoms with E-state index in [-0.39, 0.29) is 5.91 Å². The number of nitrogens with one attached hydrogen (secondary N) is 1. The molecule has 0 aromatic rings. The van der Waals surface area contributed by atoms with Gasteiger partial charge in [0.05, 0.1) is 5.54 Å². The number of rotatable bonds is 2. The Morgan fingerprint density at radius 2 is 1.18 bits per heavy atom. The second-order valence-corrected chi connectivity index (χ2v) is 7.54. The van der Waals surface area contributed by atoms with E-state index < -0.39 is 11.0 Å². The van der Waals surface area contributed by atoms with Gasteiger partial charge < -0.3 is 10.1 Å². The number of aldehydes is 1. The fraction of sp³-hybridized carbons (Fsp3) is 0.857. The zero-order valence-electron chi connectivity index (χ0n) is 12.9. The molecule has 0 unspecified atom stereocenters. The largest absolute Gasteiger partial charge is 0.344 e. The fourth-order valence-corrected chi connectivity index (χ4v) is 0.510. The maximum atomic E-state index is 11.4. The third-order valence-corrected chi connectivity index (χ3v) is 1.41. The molecule has 0 aliphatic heterocycles. The van der Waals surface area contributed by atoms with Gasteiger partial charge in [-0.15, -0.1) is 0 Å². The summed E-state index contributed by atoms with van der Waals surface area (Å²) >= 11 is 0. The Kier molecular flexibility index (Phi) is 6.72. The van der Waals surface area contributed by atoms with Gasteiger partial charge in [-0.1, -0.05) is 48.5 Å². The van der Waals surface area contributed by atoms with Gasteiger partial charge in [0.25, 0.3) is 0 Å². The molecule has 0 spiro atoms. The summed E-state index contributed by atoms with van der Waals surface area (Å²) in [6.45, 7) is 17.5. The first-order valence-corrected chi connectivity index (χ1v) is 5.98. The van der Waals surface area contributed by atoms with E-state index in [0.29, 0.717) is 5.41 Å². The second kappa shape index (κ2) is 6.18. The van der Waals surface area contributed by atoms with Crippen LogP contribution in [0.3, 0.4) is 0 Å². The minimum Gasteiger partial charge on any atom is -0.344 e. The molecule has 1 N–H and O–H groups in total. The van der Waals surface area contributed by atoms with E-state index in [0.717, 1.165) is 6.29 Å². The summed E-state index contributed by atoms with van der Waals surface area (Å²) in [4.78, 5) is 21.8. The van der Waals surface area contributed by atoms with E-state index in [1.807, 2.05) is 20.8 Å². The lowest BCUT2D eigenvalue weighted by Crippen LogP contribution is -2.49. The molecule has 0 aromatic carbocycles. The van der Waals surface area contributed by atoms with Crippen LogP contribution in [-0.4, -0.2) is 17.7 Å². The van der Waals surface area contributed by atoms with E-state index in [9.17, 15) is 9.59 Å². The van der Waals surface area contributed by atoms with Crippen molar-refractivity contribution in [2.75, 3.05) is 0 Å². The molecule has 102 valence electrons. The van der Waals surface area contributed by atoms with Crippen molar-refractivity contribution in [3.8, 4) is 0 Å². The first kappa shape index (κ1) is 18.5. The van der Waals surface area contributed by atoms with Crippen molar-refractivity contribution >= 4 is 12.2 Å². The third-order valence-electron chi connectivity index (χ3n) is 1.41. The number of hydrogen-bond donors (Lipinski definition) is 1. The van der Waals surface area contributed by atoms with Crippen LogP contribution in [0.2, 0.25) is 0 Å². The van der Waals surface area contributed by atoms with Crippen molar-refractivity contribution in [3.05, 3.63) is 0 Å². The van der Waals surface area contributed by atoms with Crippen LogP contribution in [0.1, 0.15) is 62.3 Å². The predicted molar refractivity (Wildman–Crippen MR) is 72.9 cm³/mol. The summed E-state index contributed by atoms with van der Waals surface area (Å²) in [6, 6.07) is 0. The summed E-state index contributed by atoms with van der Waals surface area (Å²) < 4.78 is 0. The highest BCUT2D eigenvalue weighted by Crippen LogP contribution is 2.14. The van der Waals surface area contributed by atoms with E-state index in [1.54, 1.807) is 13.8 Å². The molecular formula is C14H29NO2. The van der Waals surface area contributed by atoms with Crippen LogP contribution in [0.25, 0.3) is 0 Å². The normalized spacial score (nSPS) is 12.3. The quantitative estimate of drug-likeness (QED) is 0.757. The molecule has 0 saturated carbocycles. The molecule has 0 aromatic heterocycles. The molecule has 17 heavy (non-hydrogen) atoms. The van der Waals surface area contributed by atoms with E-state index in [2.05, 4.69) is 33.0 Å². The van der Waals surface area contributed by atoms with Crippen molar-refractivity contribution in [2.45, 2.75) is 67.9 Å². The van der Waals surface area contributed by atoms with Gasteiger partial charge in [0.15, 0.2) is 0 Å². The average molecular weight is 243 g/mol. The molecule has 3 heteroatoms. The minimum absolute atomic E-state index is 0.111. The Morgan fingerprint density at radius 1 is 0.882 bits per heavy atom. The minimum atomic E-state index is -0.760. The van der Waals surface area contributed by atoms with Crippen molar-refractivity contribution in [3.63, 3.8) is 0 Å². The van der Waals surface area contributed by atoms with Gasteiger partial charge in [0, 0.05) is 5.41 Å². The molecule has 0 aliphatic carbocycles. The summed E-state index contributed by atoms with van der Waals surface area (Å²) in [5.74, 6) is -0.111. The smallest absolute Gasteiger partial charge is 0.226 e. The maximum absolute atomic E-state index is 11.4. The Labute approximate surface area is 106 Å². The molecule has 0 saturated heterocycles. The Hall–Kier alpha value is -0.860. The average Bonchev–Trinajstić information content (AvgIpc) is 1.98. The molecule has 3 nitrogen and oxygen atoms in total. The molecule has 0 atom stereocenters. The lowest BCUT2D eigenvalue weighted by atomic mass is 9.94. The highest BCUT2D eigenvalue weighted by Gasteiger charge is 2.27. The number of carbonyl (C=O) groups excluding carboxylic acids is 2. The first-order chi connectivity index (χ1) is 7.19. The van der Waals surface area contributed by atoms with Crippen LogP contribution in [0.4, 0.5) is 0 Å². The number of amides is 1. The van der Waals surface area contributed by atoms with Crippen LogP contribution in [0.5, 0.6) is 0 Å². The van der Waals surface area contributed by atoms with E-state index in [1.165, 1.54) is 0 Å². The lowest BCUT2D eigenvalue weighted by molar-refractivity contribution is -0.132. The van der Waals surface area contributed by atoms with Gasteiger partial charge in [0.2, 0.25) is 5.91 Å². The Morgan fingerprint density at radius 3 is 1.35 bits per heavy atom. The third kappa shape index (κ3) is 15.1. The fourth-order valence-electron chi connectivity index (χ4n) is 0.510. The lowest BCUT2D eigenvalue weighted by Gasteiger charge is -2.25. The maximum Gasteiger partial charge on any atom is 0.226 e. The van der Waals surface area contributed by atoms with Crippen LogP contribution >= 0.6 is 0 Å². The van der Waals surface area contributed by atoms with Gasteiger partial charge in [-0.25, -0.2) is 0 Å². The zero-order valence-corrected chi connectivity index (χ0v) is 12.9. The van der Waals surface area contributed by atoms with Crippen LogP contribution in [0, 0.1) is 10.8 Å². The first-order valence-electron chi connectivity index (χ1n) is 5.98. The molecular weight excluding hydrogens is 214 g/mol. The summed E-state index contributed by atoms with van der Waals surface area (Å²) in [5.41, 5.74) is -0.704. The summed E-state index contributed by atoms with van der Waals surface area (Å²) in [5, 5.41) is 2.64. The van der Waals surface area contributed by atoms with Gasteiger partial charge in [-0.05, 0) is 19.3 Å². The van der Waals surface area contributed by atoms with Crippen LogP contribution in [0.15, 0.2) is 0 Å². The zero-order chi connectivity index (χ0) is 14.5. The monoisotopic (exact) mass is 243 g/mol. The Balaban J connectivity index is 0. The standard InChI is InChI=1S/C9H17NO2.C5H12/c1-8(2,3)7(12)10-9(4,5)6-11;1-5(2,3)4/h6H,1-5H3,(H,10,12);1-4H3. The van der Waals surface area contributed by atoms with Crippen LogP contribution in [-0.2, 0) is 9.59 Å². The Bertz CT molecular complexity index is 248. The number of carbonyl (C=O) groups is 2. The molecule has 0 bridgehead atoms. The molecule has 0 aliphatic rings. The van der Waals surface area contributed by atoms with Crippen molar-refractivity contribution in [2.24, 2.45) is 10.8 Å². The molecule has 1 amide bonds.